The first kappa shape index (κ1) is 21.2. The number of hydrogen-bond donors (Lipinski definition) is 2. The number of carbonyl (C=O) groups is 5. The average molecular weight is 429 g/mol. The number of nitrogens with one attached hydrogen (secondary N) is 2. The standard InChI is InChI=1S/C20H19N3O6S/c1-2-3-8-23-18(26)13-7-6-12(10-14(13)19(23)27)20(28)29-11-16(24)21-22-17(25)15-5-4-9-30-15/h4-7,9-10H,2-3,8,11H2,1H3,(H,21,24)(H,22,25). The SMILES string of the molecule is CCCCN1C(=O)c2ccc(C(=O)OCC(=O)NNC(=O)c3cccs3)cc2C1=O. The van der Waals surface area contributed by atoms with Gasteiger partial charge in [0.15, 0.2) is 6.61 Å². The van der Waals surface area contributed by atoms with Crippen molar-refractivity contribution in [2.75, 3.05) is 13.2 Å². The maximum atomic E-state index is 12.4. The molecule has 3 rings (SSSR count). The van der Waals surface area contributed by atoms with E-state index in [1.165, 1.54) is 29.5 Å². The van der Waals surface area contributed by atoms with Crippen molar-refractivity contribution in [3.8, 4) is 0 Å². The largest absolute Gasteiger partial charge is 0.452 e. The van der Waals surface area contributed by atoms with Gasteiger partial charge < -0.3 is 4.74 Å². The Morgan fingerprint density at radius 1 is 1.07 bits per heavy atom. The number of fused-ring (bicyclic) bond motifs is 1. The number of hydrogen-bond acceptors (Lipinski definition) is 7. The Kier molecular flexibility index (Phi) is 6.58. The molecule has 0 atom stereocenters. The smallest absolute Gasteiger partial charge is 0.338 e. The molecule has 2 aromatic rings. The molecule has 1 aliphatic rings. The highest BCUT2D eigenvalue weighted by molar-refractivity contribution is 7.12. The highest BCUT2D eigenvalue weighted by Crippen LogP contribution is 2.24. The summed E-state index contributed by atoms with van der Waals surface area (Å²) in [5.74, 6) is -2.88. The number of rotatable bonds is 7. The molecule has 10 heteroatoms. The predicted molar refractivity (Wildman–Crippen MR) is 107 cm³/mol. The molecule has 0 unspecified atom stereocenters. The molecule has 0 saturated carbocycles. The van der Waals surface area contributed by atoms with Crippen LogP contribution < -0.4 is 10.9 Å². The molecule has 156 valence electrons. The molecule has 0 saturated heterocycles. The Morgan fingerprint density at radius 3 is 2.53 bits per heavy atom. The van der Waals surface area contributed by atoms with Crippen LogP contribution in [-0.4, -0.2) is 47.6 Å². The molecule has 2 N–H and O–H groups in total. The topological polar surface area (TPSA) is 122 Å². The van der Waals surface area contributed by atoms with E-state index in [9.17, 15) is 24.0 Å². The normalized spacial score (nSPS) is 12.5. The van der Waals surface area contributed by atoms with Gasteiger partial charge in [-0.1, -0.05) is 19.4 Å². The first-order valence-electron chi connectivity index (χ1n) is 9.22. The lowest BCUT2D eigenvalue weighted by Gasteiger charge is -2.12. The van der Waals surface area contributed by atoms with E-state index < -0.39 is 30.3 Å². The minimum Gasteiger partial charge on any atom is -0.452 e. The Hall–Kier alpha value is -3.53. The maximum Gasteiger partial charge on any atom is 0.338 e. The van der Waals surface area contributed by atoms with Crippen LogP contribution in [0.5, 0.6) is 0 Å². The summed E-state index contributed by atoms with van der Waals surface area (Å²) in [6.07, 6.45) is 1.53. The van der Waals surface area contributed by atoms with Crippen LogP contribution >= 0.6 is 11.3 Å². The number of imide groups is 1. The zero-order chi connectivity index (χ0) is 21.7. The first-order valence-corrected chi connectivity index (χ1v) is 10.1. The molecule has 4 amide bonds. The van der Waals surface area contributed by atoms with Gasteiger partial charge in [0.2, 0.25) is 0 Å². The zero-order valence-electron chi connectivity index (χ0n) is 16.1. The van der Waals surface area contributed by atoms with Crippen molar-refractivity contribution in [3.05, 3.63) is 57.3 Å². The van der Waals surface area contributed by atoms with Crippen molar-refractivity contribution >= 4 is 40.9 Å². The minimum absolute atomic E-state index is 0.0441. The number of nitrogens with zero attached hydrogens (tertiary/aromatic N) is 1. The summed E-state index contributed by atoms with van der Waals surface area (Å²) >= 11 is 1.21. The summed E-state index contributed by atoms with van der Waals surface area (Å²) in [4.78, 5) is 62.1. The van der Waals surface area contributed by atoms with Crippen molar-refractivity contribution in [1.82, 2.24) is 15.8 Å². The molecule has 1 aromatic carbocycles. The summed E-state index contributed by atoms with van der Waals surface area (Å²) in [5.41, 5.74) is 4.77. The summed E-state index contributed by atoms with van der Waals surface area (Å²) < 4.78 is 4.92. The van der Waals surface area contributed by atoms with Gasteiger partial charge in [-0.05, 0) is 36.1 Å². The van der Waals surface area contributed by atoms with E-state index in [0.29, 0.717) is 17.8 Å². The second-order valence-corrected chi connectivity index (χ2v) is 7.38. The average Bonchev–Trinajstić information content (AvgIpc) is 3.37. The molecule has 1 aromatic heterocycles. The van der Waals surface area contributed by atoms with Crippen molar-refractivity contribution in [2.45, 2.75) is 19.8 Å². The molecule has 30 heavy (non-hydrogen) atoms. The lowest BCUT2D eigenvalue weighted by Crippen LogP contribution is -2.43. The summed E-state index contributed by atoms with van der Waals surface area (Å²) in [6, 6.07) is 7.35. The first-order chi connectivity index (χ1) is 14.4. The number of amides is 4. The molecular formula is C20H19N3O6S. The number of esters is 1. The third kappa shape index (κ3) is 4.54. The second kappa shape index (κ2) is 9.31. The number of carbonyl (C=O) groups excluding carboxylic acids is 5. The van der Waals surface area contributed by atoms with Crippen LogP contribution in [0.3, 0.4) is 0 Å². The Bertz CT molecular complexity index is 1000. The molecule has 1 aliphatic heterocycles. The van der Waals surface area contributed by atoms with Gasteiger partial charge in [0, 0.05) is 6.54 Å². The van der Waals surface area contributed by atoms with Gasteiger partial charge in [0.05, 0.1) is 21.6 Å². The number of unbranched alkanes of at least 4 members (excludes halogenated alkanes) is 1. The monoisotopic (exact) mass is 429 g/mol. The summed E-state index contributed by atoms with van der Waals surface area (Å²) in [5, 5.41) is 1.72. The second-order valence-electron chi connectivity index (χ2n) is 6.43. The maximum absolute atomic E-state index is 12.4. The van der Waals surface area contributed by atoms with Crippen LogP contribution in [-0.2, 0) is 9.53 Å². The minimum atomic E-state index is -0.829. The molecule has 0 fully saturated rings. The fourth-order valence-corrected chi connectivity index (χ4v) is 3.40. The molecule has 9 nitrogen and oxygen atoms in total. The fraction of sp³-hybridized carbons (Fsp3) is 0.250. The molecular weight excluding hydrogens is 410 g/mol. The predicted octanol–water partition coefficient (Wildman–Crippen LogP) is 1.76. The van der Waals surface area contributed by atoms with Crippen LogP contribution in [0.1, 0.15) is 60.5 Å². The van der Waals surface area contributed by atoms with Crippen LogP contribution in [0.25, 0.3) is 0 Å². The molecule has 0 aliphatic carbocycles. The van der Waals surface area contributed by atoms with Gasteiger partial charge in [0.1, 0.15) is 0 Å². The number of hydrazine groups is 1. The van der Waals surface area contributed by atoms with Gasteiger partial charge >= 0.3 is 5.97 Å². The highest BCUT2D eigenvalue weighted by Gasteiger charge is 2.35. The number of ether oxygens (including phenoxy) is 1. The van der Waals surface area contributed by atoms with E-state index in [2.05, 4.69) is 10.9 Å². The van der Waals surface area contributed by atoms with Gasteiger partial charge in [-0.2, -0.15) is 0 Å². The molecule has 0 spiro atoms. The third-order valence-corrected chi connectivity index (χ3v) is 5.21. The van der Waals surface area contributed by atoms with Gasteiger partial charge in [-0.15, -0.1) is 11.3 Å². The molecule has 0 bridgehead atoms. The fourth-order valence-electron chi connectivity index (χ4n) is 2.78. The van der Waals surface area contributed by atoms with E-state index >= 15 is 0 Å². The van der Waals surface area contributed by atoms with Crippen LogP contribution in [0.15, 0.2) is 35.7 Å². The zero-order valence-corrected chi connectivity index (χ0v) is 16.9. The van der Waals surface area contributed by atoms with Crippen molar-refractivity contribution in [2.24, 2.45) is 0 Å². The molecule has 0 radical (unpaired) electrons. The van der Waals surface area contributed by atoms with Crippen LogP contribution in [0, 0.1) is 0 Å². The van der Waals surface area contributed by atoms with Gasteiger partial charge in [0.25, 0.3) is 23.6 Å². The lowest BCUT2D eigenvalue weighted by molar-refractivity contribution is -0.125. The van der Waals surface area contributed by atoms with Crippen LogP contribution in [0.4, 0.5) is 0 Å². The quantitative estimate of drug-likeness (QED) is 0.393. The Balaban J connectivity index is 1.55. The third-order valence-electron chi connectivity index (χ3n) is 4.34. The van der Waals surface area contributed by atoms with E-state index in [1.54, 1.807) is 17.5 Å². The van der Waals surface area contributed by atoms with Gasteiger partial charge in [-0.3, -0.25) is 34.9 Å². The van der Waals surface area contributed by atoms with Crippen molar-refractivity contribution in [1.29, 1.82) is 0 Å². The van der Waals surface area contributed by atoms with E-state index in [4.69, 9.17) is 4.74 Å². The number of thiophene rings is 1. The van der Waals surface area contributed by atoms with E-state index in [-0.39, 0.29) is 22.6 Å². The van der Waals surface area contributed by atoms with Gasteiger partial charge in [-0.25, -0.2) is 4.79 Å². The van der Waals surface area contributed by atoms with Crippen molar-refractivity contribution < 1.29 is 28.7 Å². The van der Waals surface area contributed by atoms with Crippen LogP contribution in [0.2, 0.25) is 0 Å². The highest BCUT2D eigenvalue weighted by atomic mass is 32.1. The summed E-state index contributed by atoms with van der Waals surface area (Å²) in [7, 11) is 0. The molecule has 2 heterocycles. The Morgan fingerprint density at radius 2 is 1.83 bits per heavy atom. The number of benzene rings is 1. The van der Waals surface area contributed by atoms with Crippen molar-refractivity contribution in [3.63, 3.8) is 0 Å². The summed E-state index contributed by atoms with van der Waals surface area (Å²) in [6.45, 7) is 1.65. The van der Waals surface area contributed by atoms with E-state index in [1.807, 2.05) is 6.92 Å². The lowest BCUT2D eigenvalue weighted by atomic mass is 10.1. The Labute approximate surface area is 176 Å². The van der Waals surface area contributed by atoms with E-state index in [0.717, 1.165) is 11.3 Å².